The van der Waals surface area contributed by atoms with Crippen molar-refractivity contribution in [2.45, 2.75) is 18.0 Å². The summed E-state index contributed by atoms with van der Waals surface area (Å²) < 4.78 is 38.6. The van der Waals surface area contributed by atoms with Crippen molar-refractivity contribution in [3.63, 3.8) is 0 Å². The van der Waals surface area contributed by atoms with Crippen molar-refractivity contribution >= 4 is 46.6 Å². The first-order valence-corrected chi connectivity index (χ1v) is 10.8. The number of anilines is 2. The lowest BCUT2D eigenvalue weighted by atomic mass is 10.1. The van der Waals surface area contributed by atoms with Crippen LogP contribution in [0.5, 0.6) is 0 Å². The van der Waals surface area contributed by atoms with Gasteiger partial charge in [0.2, 0.25) is 5.91 Å². The molecule has 0 radical (unpaired) electrons. The lowest BCUT2D eigenvalue weighted by Gasteiger charge is -2.12. The Morgan fingerprint density at radius 1 is 0.969 bits per heavy atom. The molecular weight excluding hydrogens is 461 g/mol. The number of nitrogens with one attached hydrogen (secondary N) is 2. The number of thioether (sulfide) groups is 1. The van der Waals surface area contributed by atoms with Crippen molar-refractivity contribution in [3.05, 3.63) is 88.4 Å². The average Bonchev–Trinajstić information content (AvgIpc) is 2.74. The van der Waals surface area contributed by atoms with E-state index in [0.717, 1.165) is 23.8 Å². The zero-order valence-electron chi connectivity index (χ0n) is 16.8. The van der Waals surface area contributed by atoms with Gasteiger partial charge >= 0.3 is 6.18 Å². The van der Waals surface area contributed by atoms with E-state index in [1.807, 2.05) is 19.1 Å². The minimum atomic E-state index is -4.54. The zero-order valence-corrected chi connectivity index (χ0v) is 18.4. The smallest absolute Gasteiger partial charge is 0.324 e. The van der Waals surface area contributed by atoms with Gasteiger partial charge in [-0.2, -0.15) is 13.2 Å². The standard InChI is InChI=1S/C23H18ClF3N2O2S/c1-14-5-7-15(8-6-14)22(31)28-17-3-2-4-18(12-17)32-13-21(30)29-20-11-16(23(25,26)27)9-10-19(20)24/h2-12H,13H2,1H3,(H,28,31)(H,29,30). The molecule has 0 atom stereocenters. The summed E-state index contributed by atoms with van der Waals surface area (Å²) in [6, 6.07) is 16.8. The van der Waals surface area contributed by atoms with Crippen LogP contribution in [-0.4, -0.2) is 17.6 Å². The molecule has 0 aliphatic carbocycles. The summed E-state index contributed by atoms with van der Waals surface area (Å²) >= 11 is 7.08. The van der Waals surface area contributed by atoms with Gasteiger partial charge in [-0.15, -0.1) is 11.8 Å². The van der Waals surface area contributed by atoms with Crippen molar-refractivity contribution in [3.8, 4) is 0 Å². The maximum atomic E-state index is 12.9. The molecule has 166 valence electrons. The van der Waals surface area contributed by atoms with Crippen LogP contribution < -0.4 is 10.6 Å². The van der Waals surface area contributed by atoms with Crippen molar-refractivity contribution in [1.29, 1.82) is 0 Å². The molecule has 0 aliphatic heterocycles. The van der Waals surface area contributed by atoms with E-state index in [0.29, 0.717) is 16.1 Å². The predicted octanol–water partition coefficient (Wildman–Crippen LogP) is 6.65. The molecule has 4 nitrogen and oxygen atoms in total. The fourth-order valence-electron chi connectivity index (χ4n) is 2.70. The molecule has 0 spiro atoms. The van der Waals surface area contributed by atoms with Crippen LogP contribution >= 0.6 is 23.4 Å². The topological polar surface area (TPSA) is 58.2 Å². The summed E-state index contributed by atoms with van der Waals surface area (Å²) in [6.07, 6.45) is -4.54. The van der Waals surface area contributed by atoms with Crippen LogP contribution in [0.4, 0.5) is 24.5 Å². The van der Waals surface area contributed by atoms with Gasteiger partial charge in [0, 0.05) is 16.1 Å². The maximum Gasteiger partial charge on any atom is 0.416 e. The molecule has 0 aliphatic rings. The number of hydrogen-bond donors (Lipinski definition) is 2. The quantitative estimate of drug-likeness (QED) is 0.390. The third-order valence-electron chi connectivity index (χ3n) is 4.34. The number of aryl methyl sites for hydroxylation is 1. The molecule has 2 amide bonds. The van der Waals surface area contributed by atoms with Crippen LogP contribution in [0.1, 0.15) is 21.5 Å². The van der Waals surface area contributed by atoms with E-state index < -0.39 is 17.6 Å². The van der Waals surface area contributed by atoms with Gasteiger partial charge in [0.15, 0.2) is 0 Å². The number of rotatable bonds is 6. The summed E-state index contributed by atoms with van der Waals surface area (Å²) in [5, 5.41) is 5.21. The molecule has 9 heteroatoms. The van der Waals surface area contributed by atoms with Gasteiger partial charge in [-0.3, -0.25) is 9.59 Å². The highest BCUT2D eigenvalue weighted by Gasteiger charge is 2.31. The van der Waals surface area contributed by atoms with Crippen LogP contribution in [-0.2, 0) is 11.0 Å². The molecule has 0 bridgehead atoms. The first-order valence-electron chi connectivity index (χ1n) is 9.39. The summed E-state index contributed by atoms with van der Waals surface area (Å²) in [4.78, 5) is 25.3. The third kappa shape index (κ3) is 6.51. The highest BCUT2D eigenvalue weighted by molar-refractivity contribution is 8.00. The Bertz CT molecular complexity index is 1130. The number of amides is 2. The molecule has 2 N–H and O–H groups in total. The summed E-state index contributed by atoms with van der Waals surface area (Å²) in [5.74, 6) is -0.823. The molecule has 0 heterocycles. The lowest BCUT2D eigenvalue weighted by molar-refractivity contribution is -0.137. The monoisotopic (exact) mass is 478 g/mol. The van der Waals surface area contributed by atoms with Gasteiger partial charge in [-0.25, -0.2) is 0 Å². The van der Waals surface area contributed by atoms with Gasteiger partial charge in [0.05, 0.1) is 22.0 Å². The van der Waals surface area contributed by atoms with Crippen LogP contribution in [0.3, 0.4) is 0 Å². The highest BCUT2D eigenvalue weighted by atomic mass is 35.5. The Labute approximate surface area is 192 Å². The van der Waals surface area contributed by atoms with Crippen LogP contribution in [0.15, 0.2) is 71.6 Å². The van der Waals surface area contributed by atoms with Crippen molar-refractivity contribution in [2.75, 3.05) is 16.4 Å². The Hall–Kier alpha value is -2.97. The fraction of sp³-hybridized carbons (Fsp3) is 0.130. The minimum Gasteiger partial charge on any atom is -0.324 e. The van der Waals surface area contributed by atoms with Gasteiger partial charge in [-0.05, 0) is 55.5 Å². The molecule has 3 rings (SSSR count). The van der Waals surface area contributed by atoms with Crippen molar-refractivity contribution in [1.82, 2.24) is 0 Å². The molecule has 3 aromatic carbocycles. The van der Waals surface area contributed by atoms with Crippen LogP contribution in [0, 0.1) is 6.92 Å². The van der Waals surface area contributed by atoms with Gasteiger partial charge in [-0.1, -0.05) is 35.4 Å². The largest absolute Gasteiger partial charge is 0.416 e. The fourth-order valence-corrected chi connectivity index (χ4v) is 3.62. The van der Waals surface area contributed by atoms with E-state index in [1.54, 1.807) is 36.4 Å². The minimum absolute atomic E-state index is 0.0113. The predicted molar refractivity (Wildman–Crippen MR) is 121 cm³/mol. The number of carbonyl (C=O) groups is 2. The van der Waals surface area contributed by atoms with E-state index in [2.05, 4.69) is 10.6 Å². The maximum absolute atomic E-state index is 12.9. The van der Waals surface area contributed by atoms with E-state index in [9.17, 15) is 22.8 Å². The Morgan fingerprint density at radius 3 is 2.38 bits per heavy atom. The Balaban J connectivity index is 1.60. The number of hydrogen-bond acceptors (Lipinski definition) is 3. The van der Waals surface area contributed by atoms with E-state index in [1.165, 1.54) is 11.8 Å². The molecule has 0 saturated heterocycles. The molecule has 0 saturated carbocycles. The second-order valence-corrected chi connectivity index (χ2v) is 8.33. The third-order valence-corrected chi connectivity index (χ3v) is 5.67. The van der Waals surface area contributed by atoms with Crippen LogP contribution in [0.2, 0.25) is 5.02 Å². The molecule has 0 aromatic heterocycles. The van der Waals surface area contributed by atoms with Gasteiger partial charge < -0.3 is 10.6 Å². The number of halogens is 4. The van der Waals surface area contributed by atoms with Crippen molar-refractivity contribution in [2.24, 2.45) is 0 Å². The van der Waals surface area contributed by atoms with E-state index >= 15 is 0 Å². The second kappa shape index (κ2) is 10.1. The first kappa shape index (κ1) is 23.7. The number of carbonyl (C=O) groups excluding carboxylic acids is 2. The lowest BCUT2D eigenvalue weighted by Crippen LogP contribution is -2.15. The number of benzene rings is 3. The normalized spacial score (nSPS) is 11.2. The molecule has 3 aromatic rings. The highest BCUT2D eigenvalue weighted by Crippen LogP contribution is 2.34. The van der Waals surface area contributed by atoms with Gasteiger partial charge in [0.1, 0.15) is 0 Å². The first-order chi connectivity index (χ1) is 15.1. The SMILES string of the molecule is Cc1ccc(C(=O)Nc2cccc(SCC(=O)Nc3cc(C(F)(F)F)ccc3Cl)c2)cc1. The molecule has 0 fully saturated rings. The average molecular weight is 479 g/mol. The van der Waals surface area contributed by atoms with Gasteiger partial charge in [0.25, 0.3) is 5.91 Å². The molecular formula is C23H18ClF3N2O2S. The summed E-state index contributed by atoms with van der Waals surface area (Å²) in [5.41, 5.74) is 1.12. The molecule has 0 unspecified atom stereocenters. The van der Waals surface area contributed by atoms with Crippen LogP contribution in [0.25, 0.3) is 0 Å². The van der Waals surface area contributed by atoms with Crippen molar-refractivity contribution < 1.29 is 22.8 Å². The van der Waals surface area contributed by atoms with E-state index in [4.69, 9.17) is 11.6 Å². The summed E-state index contributed by atoms with van der Waals surface area (Å²) in [6.45, 7) is 1.93. The van der Waals surface area contributed by atoms with E-state index in [-0.39, 0.29) is 22.4 Å². The Kier molecular flexibility index (Phi) is 7.48. The summed E-state index contributed by atoms with van der Waals surface area (Å²) in [7, 11) is 0. The molecule has 32 heavy (non-hydrogen) atoms. The number of alkyl halides is 3. The zero-order chi connectivity index (χ0) is 23.3. The Morgan fingerprint density at radius 2 is 1.69 bits per heavy atom. The second-order valence-electron chi connectivity index (χ2n) is 6.88.